The summed E-state index contributed by atoms with van der Waals surface area (Å²) in [4.78, 5) is 6.27. The lowest BCUT2D eigenvalue weighted by Crippen LogP contribution is -2.22. The van der Waals surface area contributed by atoms with Crippen LogP contribution in [0, 0.1) is 0 Å². The SMILES string of the molecule is CCC(C)O.CCNS(=O)(=O)c1ccc(-c2ccnc3[nH]c(C(F)(F)F)cc23)cc1. The summed E-state index contributed by atoms with van der Waals surface area (Å²) in [5.41, 5.74) is 0.364. The van der Waals surface area contributed by atoms with Gasteiger partial charge in [0, 0.05) is 18.1 Å². The predicted octanol–water partition coefficient (Wildman–Crippen LogP) is 4.32. The molecular weight excluding hydrogens is 419 g/mol. The zero-order chi connectivity index (χ0) is 22.5. The highest BCUT2D eigenvalue weighted by molar-refractivity contribution is 7.89. The molecule has 0 saturated carbocycles. The van der Waals surface area contributed by atoms with Gasteiger partial charge in [0.15, 0.2) is 0 Å². The van der Waals surface area contributed by atoms with Crippen molar-refractivity contribution < 1.29 is 26.7 Å². The van der Waals surface area contributed by atoms with Gasteiger partial charge in [0.25, 0.3) is 0 Å². The van der Waals surface area contributed by atoms with Crippen LogP contribution in [0.25, 0.3) is 22.2 Å². The Morgan fingerprint density at radius 2 is 1.77 bits per heavy atom. The Hall–Kier alpha value is -2.43. The van der Waals surface area contributed by atoms with Gasteiger partial charge >= 0.3 is 6.18 Å². The fourth-order valence-electron chi connectivity index (χ4n) is 2.52. The van der Waals surface area contributed by atoms with Crippen molar-refractivity contribution in [3.63, 3.8) is 0 Å². The highest BCUT2D eigenvalue weighted by Crippen LogP contribution is 2.34. The minimum atomic E-state index is -4.50. The fraction of sp³-hybridized carbons (Fsp3) is 0.350. The van der Waals surface area contributed by atoms with Gasteiger partial charge in [0.05, 0.1) is 11.0 Å². The fourth-order valence-corrected chi connectivity index (χ4v) is 3.56. The second kappa shape index (κ2) is 9.59. The normalized spacial score (nSPS) is 13.0. The number of halogens is 3. The molecule has 0 aliphatic rings. The zero-order valence-electron chi connectivity index (χ0n) is 16.8. The number of H-pyrrole nitrogens is 1. The number of hydrogen-bond donors (Lipinski definition) is 3. The summed E-state index contributed by atoms with van der Waals surface area (Å²) in [6.07, 6.45) is -2.35. The summed E-state index contributed by atoms with van der Waals surface area (Å²) < 4.78 is 64.9. The van der Waals surface area contributed by atoms with Crippen molar-refractivity contribution >= 4 is 21.1 Å². The molecule has 0 aliphatic carbocycles. The van der Waals surface area contributed by atoms with Crippen LogP contribution < -0.4 is 4.72 Å². The number of fused-ring (bicyclic) bond motifs is 1. The van der Waals surface area contributed by atoms with E-state index in [9.17, 15) is 21.6 Å². The molecule has 0 aliphatic heterocycles. The van der Waals surface area contributed by atoms with Crippen LogP contribution in [0.1, 0.15) is 32.9 Å². The largest absolute Gasteiger partial charge is 0.431 e. The van der Waals surface area contributed by atoms with Crippen molar-refractivity contribution in [2.24, 2.45) is 0 Å². The number of aliphatic hydroxyl groups excluding tert-OH is 1. The van der Waals surface area contributed by atoms with Gasteiger partial charge < -0.3 is 10.1 Å². The Morgan fingerprint density at radius 3 is 2.27 bits per heavy atom. The highest BCUT2D eigenvalue weighted by Gasteiger charge is 2.33. The van der Waals surface area contributed by atoms with Crippen LogP contribution in [0.4, 0.5) is 13.2 Å². The molecule has 3 rings (SSSR count). The van der Waals surface area contributed by atoms with Gasteiger partial charge in [0.2, 0.25) is 10.0 Å². The van der Waals surface area contributed by atoms with E-state index in [-0.39, 0.29) is 23.2 Å². The molecule has 2 aromatic heterocycles. The molecule has 0 bridgehead atoms. The first-order chi connectivity index (χ1) is 14.0. The van der Waals surface area contributed by atoms with E-state index in [1.165, 1.54) is 18.3 Å². The molecule has 30 heavy (non-hydrogen) atoms. The lowest BCUT2D eigenvalue weighted by Gasteiger charge is -2.07. The van der Waals surface area contributed by atoms with Gasteiger partial charge in [-0.1, -0.05) is 26.0 Å². The second-order valence-corrected chi connectivity index (χ2v) is 8.35. The number of aromatic nitrogens is 2. The van der Waals surface area contributed by atoms with E-state index >= 15 is 0 Å². The first kappa shape index (κ1) is 23.8. The summed E-state index contributed by atoms with van der Waals surface area (Å²) in [6.45, 7) is 5.66. The number of aliphatic hydroxyl groups is 1. The van der Waals surface area contributed by atoms with Gasteiger partial charge in [-0.05, 0) is 48.7 Å². The molecule has 164 valence electrons. The van der Waals surface area contributed by atoms with Gasteiger partial charge in [-0.2, -0.15) is 13.2 Å². The van der Waals surface area contributed by atoms with E-state index in [1.54, 1.807) is 32.0 Å². The summed E-state index contributed by atoms with van der Waals surface area (Å²) >= 11 is 0. The number of alkyl halides is 3. The Morgan fingerprint density at radius 1 is 1.17 bits per heavy atom. The maximum absolute atomic E-state index is 12.9. The number of pyridine rings is 1. The first-order valence-corrected chi connectivity index (χ1v) is 10.8. The molecule has 3 N–H and O–H groups in total. The molecule has 0 amide bonds. The molecule has 6 nitrogen and oxygen atoms in total. The smallest absolute Gasteiger partial charge is 0.393 e. The topological polar surface area (TPSA) is 95.1 Å². The molecule has 0 spiro atoms. The molecule has 10 heteroatoms. The second-order valence-electron chi connectivity index (χ2n) is 6.58. The van der Waals surface area contributed by atoms with Crippen LogP contribution in [0.3, 0.4) is 0 Å². The van der Waals surface area contributed by atoms with Crippen molar-refractivity contribution in [1.29, 1.82) is 0 Å². The summed E-state index contributed by atoms with van der Waals surface area (Å²) in [6, 6.07) is 8.53. The number of nitrogens with zero attached hydrogens (tertiary/aromatic N) is 1. The minimum Gasteiger partial charge on any atom is -0.393 e. The number of benzene rings is 1. The molecule has 1 atom stereocenters. The Kier molecular flexibility index (Phi) is 7.62. The van der Waals surface area contributed by atoms with Crippen LogP contribution in [0.2, 0.25) is 0 Å². The summed E-state index contributed by atoms with van der Waals surface area (Å²) in [5.74, 6) is 0. The van der Waals surface area contributed by atoms with Crippen LogP contribution in [-0.4, -0.2) is 36.1 Å². The van der Waals surface area contributed by atoms with E-state index in [2.05, 4.69) is 14.7 Å². The van der Waals surface area contributed by atoms with E-state index in [0.29, 0.717) is 16.5 Å². The maximum atomic E-state index is 12.9. The van der Waals surface area contributed by atoms with Crippen molar-refractivity contribution in [2.75, 3.05) is 6.54 Å². The molecule has 1 unspecified atom stereocenters. The monoisotopic (exact) mass is 443 g/mol. The number of nitrogens with one attached hydrogen (secondary N) is 2. The zero-order valence-corrected chi connectivity index (χ0v) is 17.6. The quantitative estimate of drug-likeness (QED) is 0.547. The molecule has 0 radical (unpaired) electrons. The summed E-state index contributed by atoms with van der Waals surface area (Å²) in [5, 5.41) is 8.68. The van der Waals surface area contributed by atoms with Crippen LogP contribution >= 0.6 is 0 Å². The van der Waals surface area contributed by atoms with Gasteiger partial charge in [-0.25, -0.2) is 18.1 Å². The molecule has 2 heterocycles. The lowest BCUT2D eigenvalue weighted by atomic mass is 10.0. The molecular formula is C20H24F3N3O3S. The number of sulfonamides is 1. The number of rotatable bonds is 5. The minimum absolute atomic E-state index is 0.0912. The van der Waals surface area contributed by atoms with E-state index in [1.807, 2.05) is 6.92 Å². The third kappa shape index (κ3) is 5.80. The van der Waals surface area contributed by atoms with E-state index < -0.39 is 21.9 Å². The van der Waals surface area contributed by atoms with Crippen LogP contribution in [0.15, 0.2) is 47.5 Å². The molecule has 0 saturated heterocycles. The lowest BCUT2D eigenvalue weighted by molar-refractivity contribution is -0.140. The summed E-state index contributed by atoms with van der Waals surface area (Å²) in [7, 11) is -3.58. The Balaban J connectivity index is 0.000000575. The predicted molar refractivity (Wildman–Crippen MR) is 109 cm³/mol. The van der Waals surface area contributed by atoms with Crippen molar-refractivity contribution in [2.45, 2.75) is 44.4 Å². The Bertz CT molecular complexity index is 1080. The standard InChI is InChI=1S/C16H14F3N3O2S.C4H10O/c1-2-21-25(23,24)11-5-3-10(4-6-11)12-7-8-20-15-13(12)9-14(22-15)16(17,18)19;1-3-4(2)5/h3-9,21H,2H2,1H3,(H,20,22);4-5H,3H2,1-2H3. The molecule has 0 fully saturated rings. The van der Waals surface area contributed by atoms with Gasteiger partial charge in [0.1, 0.15) is 11.3 Å². The van der Waals surface area contributed by atoms with Crippen molar-refractivity contribution in [3.05, 3.63) is 48.3 Å². The van der Waals surface area contributed by atoms with Crippen LogP contribution in [0.5, 0.6) is 0 Å². The average Bonchev–Trinajstić information content (AvgIpc) is 3.13. The van der Waals surface area contributed by atoms with Gasteiger partial charge in [-0.3, -0.25) is 0 Å². The van der Waals surface area contributed by atoms with Crippen molar-refractivity contribution in [3.8, 4) is 11.1 Å². The third-order valence-electron chi connectivity index (χ3n) is 4.24. The number of aromatic amines is 1. The van der Waals surface area contributed by atoms with Gasteiger partial charge in [-0.15, -0.1) is 0 Å². The highest BCUT2D eigenvalue weighted by atomic mass is 32.2. The van der Waals surface area contributed by atoms with Crippen molar-refractivity contribution in [1.82, 2.24) is 14.7 Å². The van der Waals surface area contributed by atoms with E-state index in [0.717, 1.165) is 12.5 Å². The molecule has 3 aromatic rings. The molecule has 1 aromatic carbocycles. The first-order valence-electron chi connectivity index (χ1n) is 9.32. The number of hydrogen-bond acceptors (Lipinski definition) is 4. The maximum Gasteiger partial charge on any atom is 0.431 e. The average molecular weight is 443 g/mol. The third-order valence-corrected chi connectivity index (χ3v) is 5.80. The Labute approximate surface area is 173 Å². The van der Waals surface area contributed by atoms with E-state index in [4.69, 9.17) is 5.11 Å². The van der Waals surface area contributed by atoms with Crippen LogP contribution in [-0.2, 0) is 16.2 Å².